The quantitative estimate of drug-likeness (QED) is 0.862. The Morgan fingerprint density at radius 3 is 2.96 bits per heavy atom. The molecule has 1 unspecified atom stereocenters. The van der Waals surface area contributed by atoms with Crippen LogP contribution in [-0.2, 0) is 4.79 Å². The largest absolute Gasteiger partial charge is 0.482 e. The lowest BCUT2D eigenvalue weighted by atomic mass is 10.1. The number of ether oxygens (including phenoxy) is 1. The molecule has 3 rings (SSSR count). The van der Waals surface area contributed by atoms with Crippen LogP contribution in [0.2, 0.25) is 0 Å². The van der Waals surface area contributed by atoms with E-state index < -0.39 is 6.09 Å². The van der Waals surface area contributed by atoms with E-state index in [2.05, 4.69) is 5.32 Å². The standard InChI is InChI=1S/C15H19N3O4.ClH/c19-14-10-22-13-4-2-1-3-12(13)18(14)7-5-11-9-17(15(20)21)8-6-16-11;/h1-4,11,16H,5-10H2,(H,20,21);1H. The maximum Gasteiger partial charge on any atom is 0.407 e. The summed E-state index contributed by atoms with van der Waals surface area (Å²) in [6.07, 6.45) is -0.191. The SMILES string of the molecule is Cl.O=C(O)N1CCNC(CCN2C(=O)COc3ccccc32)C1. The van der Waals surface area contributed by atoms with Crippen LogP contribution in [-0.4, -0.2) is 60.8 Å². The second kappa shape index (κ2) is 7.52. The Labute approximate surface area is 140 Å². The summed E-state index contributed by atoms with van der Waals surface area (Å²) in [5, 5.41) is 12.4. The summed E-state index contributed by atoms with van der Waals surface area (Å²) in [7, 11) is 0. The van der Waals surface area contributed by atoms with E-state index in [1.165, 1.54) is 4.90 Å². The minimum Gasteiger partial charge on any atom is -0.482 e. The Morgan fingerprint density at radius 2 is 2.17 bits per heavy atom. The number of nitrogens with zero attached hydrogens (tertiary/aromatic N) is 2. The molecule has 23 heavy (non-hydrogen) atoms. The van der Waals surface area contributed by atoms with E-state index in [0.717, 1.165) is 5.69 Å². The van der Waals surface area contributed by atoms with Crippen molar-refractivity contribution in [3.05, 3.63) is 24.3 Å². The van der Waals surface area contributed by atoms with Gasteiger partial charge in [-0.1, -0.05) is 12.1 Å². The van der Waals surface area contributed by atoms with Crippen LogP contribution in [0.25, 0.3) is 0 Å². The van der Waals surface area contributed by atoms with Gasteiger partial charge in [-0.2, -0.15) is 0 Å². The Balaban J connectivity index is 0.00000192. The molecule has 8 heteroatoms. The highest BCUT2D eigenvalue weighted by Crippen LogP contribution is 2.31. The minimum absolute atomic E-state index is 0. The topological polar surface area (TPSA) is 82.1 Å². The van der Waals surface area contributed by atoms with Gasteiger partial charge >= 0.3 is 6.09 Å². The van der Waals surface area contributed by atoms with Crippen molar-refractivity contribution in [2.24, 2.45) is 0 Å². The number of halogens is 1. The van der Waals surface area contributed by atoms with Crippen LogP contribution in [0.4, 0.5) is 10.5 Å². The number of carbonyl (C=O) groups is 2. The minimum atomic E-state index is -0.890. The average Bonchev–Trinajstić information content (AvgIpc) is 2.54. The zero-order chi connectivity index (χ0) is 15.5. The molecule has 0 aliphatic carbocycles. The van der Waals surface area contributed by atoms with Gasteiger partial charge in [-0.05, 0) is 18.6 Å². The molecule has 1 aromatic rings. The summed E-state index contributed by atoms with van der Waals surface area (Å²) >= 11 is 0. The summed E-state index contributed by atoms with van der Waals surface area (Å²) in [5.41, 5.74) is 0.782. The second-order valence-corrected chi connectivity index (χ2v) is 5.47. The van der Waals surface area contributed by atoms with Crippen LogP contribution in [0, 0.1) is 0 Å². The number of nitrogens with one attached hydrogen (secondary N) is 1. The molecule has 2 aliphatic rings. The highest BCUT2D eigenvalue weighted by Gasteiger charge is 2.27. The zero-order valence-corrected chi connectivity index (χ0v) is 13.4. The van der Waals surface area contributed by atoms with Gasteiger partial charge < -0.3 is 25.0 Å². The van der Waals surface area contributed by atoms with Gasteiger partial charge in [0.15, 0.2) is 6.61 Å². The molecule has 0 bridgehead atoms. The van der Waals surface area contributed by atoms with E-state index in [0.29, 0.717) is 38.3 Å². The molecule has 0 spiro atoms. The fourth-order valence-corrected chi connectivity index (χ4v) is 2.88. The summed E-state index contributed by atoms with van der Waals surface area (Å²) in [6.45, 7) is 2.20. The number of carbonyl (C=O) groups excluding carboxylic acids is 1. The zero-order valence-electron chi connectivity index (χ0n) is 12.6. The Kier molecular flexibility index (Phi) is 5.68. The molecule has 1 fully saturated rings. The third kappa shape index (κ3) is 3.86. The monoisotopic (exact) mass is 341 g/mol. The number of benzene rings is 1. The van der Waals surface area contributed by atoms with Crippen LogP contribution < -0.4 is 15.0 Å². The molecule has 1 aromatic carbocycles. The van der Waals surface area contributed by atoms with Gasteiger partial charge in [-0.15, -0.1) is 12.4 Å². The van der Waals surface area contributed by atoms with E-state index in [1.54, 1.807) is 4.90 Å². The average molecular weight is 342 g/mol. The van der Waals surface area contributed by atoms with Crippen LogP contribution in [0.1, 0.15) is 6.42 Å². The predicted molar refractivity (Wildman–Crippen MR) is 87.5 cm³/mol. The number of piperazine rings is 1. The van der Waals surface area contributed by atoms with Crippen LogP contribution in [0.5, 0.6) is 5.75 Å². The Bertz CT molecular complexity index is 584. The van der Waals surface area contributed by atoms with Gasteiger partial charge in [0.1, 0.15) is 5.75 Å². The van der Waals surface area contributed by atoms with Crippen molar-refractivity contribution in [1.29, 1.82) is 0 Å². The lowest BCUT2D eigenvalue weighted by Crippen LogP contribution is -2.53. The van der Waals surface area contributed by atoms with Gasteiger partial charge in [0, 0.05) is 32.2 Å². The third-order valence-electron chi connectivity index (χ3n) is 4.04. The molecule has 0 aromatic heterocycles. The molecule has 0 saturated carbocycles. The predicted octanol–water partition coefficient (Wildman–Crippen LogP) is 1.18. The molecule has 126 valence electrons. The number of hydrogen-bond acceptors (Lipinski definition) is 4. The van der Waals surface area contributed by atoms with Crippen molar-refractivity contribution in [3.8, 4) is 5.75 Å². The number of para-hydroxylation sites is 2. The van der Waals surface area contributed by atoms with Gasteiger partial charge in [0.05, 0.1) is 5.69 Å². The summed E-state index contributed by atoms with van der Waals surface area (Å²) in [5.74, 6) is 0.649. The third-order valence-corrected chi connectivity index (χ3v) is 4.04. The highest BCUT2D eigenvalue weighted by atomic mass is 35.5. The molecule has 2 heterocycles. The molecule has 1 saturated heterocycles. The molecule has 7 nitrogen and oxygen atoms in total. The maximum atomic E-state index is 12.1. The van der Waals surface area contributed by atoms with E-state index in [4.69, 9.17) is 9.84 Å². The molecular formula is C15H20ClN3O4. The molecule has 2 N–H and O–H groups in total. The fraction of sp³-hybridized carbons (Fsp3) is 0.467. The van der Waals surface area contributed by atoms with Crippen LogP contribution in [0.3, 0.4) is 0 Å². The lowest BCUT2D eigenvalue weighted by Gasteiger charge is -2.34. The summed E-state index contributed by atoms with van der Waals surface area (Å²) in [4.78, 5) is 26.3. The number of carboxylic acid groups (broad SMARTS) is 1. The number of fused-ring (bicyclic) bond motifs is 1. The van der Waals surface area contributed by atoms with Crippen molar-refractivity contribution in [2.45, 2.75) is 12.5 Å². The van der Waals surface area contributed by atoms with Crippen LogP contribution in [0.15, 0.2) is 24.3 Å². The smallest absolute Gasteiger partial charge is 0.407 e. The number of amides is 2. The summed E-state index contributed by atoms with van der Waals surface area (Å²) in [6, 6.07) is 7.52. The first kappa shape index (κ1) is 17.4. The first-order valence-electron chi connectivity index (χ1n) is 7.38. The highest BCUT2D eigenvalue weighted by molar-refractivity contribution is 5.97. The van der Waals surface area contributed by atoms with Crippen LogP contribution >= 0.6 is 12.4 Å². The second-order valence-electron chi connectivity index (χ2n) is 5.47. The van der Waals surface area contributed by atoms with E-state index in [-0.39, 0.29) is 31.0 Å². The number of rotatable bonds is 3. The molecule has 1 atom stereocenters. The van der Waals surface area contributed by atoms with Gasteiger partial charge in [0.2, 0.25) is 0 Å². The first-order valence-corrected chi connectivity index (χ1v) is 7.38. The molecule has 2 amide bonds. The molecular weight excluding hydrogens is 322 g/mol. The van der Waals surface area contributed by atoms with Gasteiger partial charge in [0.25, 0.3) is 5.91 Å². The van der Waals surface area contributed by atoms with Gasteiger partial charge in [-0.25, -0.2) is 4.79 Å². The Morgan fingerprint density at radius 1 is 1.39 bits per heavy atom. The molecule has 0 radical (unpaired) electrons. The fourth-order valence-electron chi connectivity index (χ4n) is 2.88. The van der Waals surface area contributed by atoms with Crippen molar-refractivity contribution in [2.75, 3.05) is 37.7 Å². The normalized spacial score (nSPS) is 20.3. The van der Waals surface area contributed by atoms with Crippen molar-refractivity contribution < 1.29 is 19.4 Å². The van der Waals surface area contributed by atoms with E-state index in [1.807, 2.05) is 24.3 Å². The van der Waals surface area contributed by atoms with Crippen molar-refractivity contribution in [1.82, 2.24) is 10.2 Å². The van der Waals surface area contributed by atoms with Crippen molar-refractivity contribution >= 4 is 30.1 Å². The lowest BCUT2D eigenvalue weighted by molar-refractivity contribution is -0.121. The Hall–Kier alpha value is -1.99. The molecule has 2 aliphatic heterocycles. The maximum absolute atomic E-state index is 12.1. The van der Waals surface area contributed by atoms with E-state index in [9.17, 15) is 9.59 Å². The van der Waals surface area contributed by atoms with E-state index >= 15 is 0 Å². The number of hydrogen-bond donors (Lipinski definition) is 2. The van der Waals surface area contributed by atoms with Crippen molar-refractivity contribution in [3.63, 3.8) is 0 Å². The number of anilines is 1. The summed E-state index contributed by atoms with van der Waals surface area (Å²) < 4.78 is 5.41. The first-order chi connectivity index (χ1) is 10.6. The van der Waals surface area contributed by atoms with Gasteiger partial charge in [-0.3, -0.25) is 4.79 Å².